The lowest BCUT2D eigenvalue weighted by Crippen LogP contribution is -2.24. The summed E-state index contributed by atoms with van der Waals surface area (Å²) in [4.78, 5) is 14.0. The molecule has 4 rings (SSSR count). The molecule has 0 saturated heterocycles. The number of carbonyl (C=O) groups is 1. The zero-order chi connectivity index (χ0) is 15.3. The lowest BCUT2D eigenvalue weighted by atomic mass is 10.0. The number of aromatic amines is 1. The van der Waals surface area contributed by atoms with Gasteiger partial charge in [0.2, 0.25) is 0 Å². The van der Waals surface area contributed by atoms with E-state index in [1.54, 1.807) is 30.3 Å². The van der Waals surface area contributed by atoms with Crippen LogP contribution in [0.15, 0.2) is 47.1 Å². The van der Waals surface area contributed by atoms with E-state index in [1.165, 1.54) is 0 Å². The number of carbonyl (C=O) groups excluding carboxylic acids is 1. The summed E-state index contributed by atoms with van der Waals surface area (Å²) in [6.07, 6.45) is 1.60. The third-order valence-electron chi connectivity index (χ3n) is 3.93. The molecule has 1 unspecified atom stereocenters. The first-order valence-corrected chi connectivity index (χ1v) is 7.19. The van der Waals surface area contributed by atoms with Gasteiger partial charge in [-0.3, -0.25) is 9.89 Å². The molecule has 1 amide bonds. The Labute approximate surface area is 131 Å². The Hall–Kier alpha value is -2.53. The number of rotatable bonds is 2. The Morgan fingerprint density at radius 1 is 1.27 bits per heavy atom. The van der Waals surface area contributed by atoms with E-state index in [4.69, 9.17) is 16.0 Å². The van der Waals surface area contributed by atoms with Crippen LogP contribution in [-0.4, -0.2) is 28.1 Å². The molecule has 0 saturated carbocycles. The fourth-order valence-corrected chi connectivity index (χ4v) is 3.00. The summed E-state index contributed by atoms with van der Waals surface area (Å²) < 4.78 is 5.52. The van der Waals surface area contributed by atoms with Crippen molar-refractivity contribution in [3.63, 3.8) is 0 Å². The maximum atomic E-state index is 12.4. The number of hydrogen-bond acceptors (Lipinski definition) is 3. The van der Waals surface area contributed by atoms with Gasteiger partial charge in [-0.15, -0.1) is 0 Å². The Morgan fingerprint density at radius 2 is 2.05 bits per heavy atom. The average molecular weight is 314 g/mol. The van der Waals surface area contributed by atoms with Crippen molar-refractivity contribution >= 4 is 17.5 Å². The van der Waals surface area contributed by atoms with Gasteiger partial charge in [0.25, 0.3) is 5.91 Å². The quantitative estimate of drug-likeness (QED) is 0.787. The first kappa shape index (κ1) is 13.2. The van der Waals surface area contributed by atoms with Gasteiger partial charge in [0.05, 0.1) is 12.0 Å². The lowest BCUT2D eigenvalue weighted by Gasteiger charge is -2.19. The highest BCUT2D eigenvalue weighted by molar-refractivity contribution is 6.30. The molecule has 5 nitrogen and oxygen atoms in total. The highest BCUT2D eigenvalue weighted by Gasteiger charge is 2.41. The van der Waals surface area contributed by atoms with Crippen LogP contribution in [0.3, 0.4) is 0 Å². The number of halogens is 1. The number of nitrogens with one attached hydrogen (secondary N) is 1. The maximum absolute atomic E-state index is 12.4. The van der Waals surface area contributed by atoms with Gasteiger partial charge in [-0.25, -0.2) is 0 Å². The number of amides is 1. The van der Waals surface area contributed by atoms with Gasteiger partial charge in [0, 0.05) is 23.2 Å². The van der Waals surface area contributed by atoms with Crippen molar-refractivity contribution in [1.29, 1.82) is 0 Å². The summed E-state index contributed by atoms with van der Waals surface area (Å²) >= 11 is 5.94. The van der Waals surface area contributed by atoms with E-state index < -0.39 is 0 Å². The zero-order valence-electron chi connectivity index (χ0n) is 11.7. The molecule has 6 heteroatoms. The van der Waals surface area contributed by atoms with Crippen LogP contribution in [0.1, 0.15) is 27.9 Å². The van der Waals surface area contributed by atoms with Crippen molar-refractivity contribution in [3.05, 3.63) is 64.7 Å². The first-order valence-electron chi connectivity index (χ1n) is 6.81. The molecule has 2 aromatic heterocycles. The Kier molecular flexibility index (Phi) is 2.84. The van der Waals surface area contributed by atoms with Crippen molar-refractivity contribution in [2.24, 2.45) is 0 Å². The second kappa shape index (κ2) is 4.74. The molecule has 1 N–H and O–H groups in total. The van der Waals surface area contributed by atoms with Crippen LogP contribution in [0.25, 0.3) is 11.3 Å². The number of nitrogens with zero attached hydrogens (tertiary/aromatic N) is 2. The molecule has 0 bridgehead atoms. The van der Waals surface area contributed by atoms with Crippen molar-refractivity contribution in [3.8, 4) is 11.3 Å². The summed E-state index contributed by atoms with van der Waals surface area (Å²) in [5, 5.41) is 7.84. The number of benzene rings is 1. The van der Waals surface area contributed by atoms with Crippen molar-refractivity contribution in [1.82, 2.24) is 15.1 Å². The van der Waals surface area contributed by atoms with E-state index in [2.05, 4.69) is 10.2 Å². The van der Waals surface area contributed by atoms with E-state index in [0.29, 0.717) is 16.5 Å². The second-order valence-electron chi connectivity index (χ2n) is 5.20. The van der Waals surface area contributed by atoms with Crippen LogP contribution in [0.4, 0.5) is 0 Å². The molecule has 0 radical (unpaired) electrons. The van der Waals surface area contributed by atoms with Crippen LogP contribution in [0.2, 0.25) is 5.02 Å². The minimum atomic E-state index is -0.276. The standard InChI is InChI=1S/C16H12ClN3O2/c1-20-15(11-3-2-8-22-11)12-13(18-19-14(12)16(20)21)9-4-6-10(17)7-5-9/h2-8,15H,1H3,(H,18,19). The second-order valence-corrected chi connectivity index (χ2v) is 5.64. The van der Waals surface area contributed by atoms with E-state index in [-0.39, 0.29) is 11.9 Å². The highest BCUT2D eigenvalue weighted by atomic mass is 35.5. The molecular weight excluding hydrogens is 302 g/mol. The topological polar surface area (TPSA) is 62.1 Å². The lowest BCUT2D eigenvalue weighted by molar-refractivity contribution is 0.0777. The largest absolute Gasteiger partial charge is 0.467 e. The van der Waals surface area contributed by atoms with Crippen molar-refractivity contribution in [2.45, 2.75) is 6.04 Å². The molecule has 1 atom stereocenters. The normalized spacial score (nSPS) is 17.1. The number of fused-ring (bicyclic) bond motifs is 1. The van der Waals surface area contributed by atoms with Gasteiger partial charge in [-0.1, -0.05) is 23.7 Å². The molecule has 3 heterocycles. The van der Waals surface area contributed by atoms with E-state index in [1.807, 2.05) is 24.3 Å². The Balaban J connectivity index is 1.90. The molecule has 1 aliphatic rings. The predicted molar refractivity (Wildman–Crippen MR) is 81.7 cm³/mol. The third-order valence-corrected chi connectivity index (χ3v) is 4.18. The van der Waals surface area contributed by atoms with Crippen LogP contribution in [0.5, 0.6) is 0 Å². The van der Waals surface area contributed by atoms with Gasteiger partial charge < -0.3 is 9.32 Å². The first-order chi connectivity index (χ1) is 10.7. The number of hydrogen-bond donors (Lipinski definition) is 1. The van der Waals surface area contributed by atoms with Gasteiger partial charge in [0.1, 0.15) is 17.5 Å². The molecule has 3 aromatic rings. The smallest absolute Gasteiger partial charge is 0.272 e. The molecule has 22 heavy (non-hydrogen) atoms. The SMILES string of the molecule is CN1C(=O)c2[nH]nc(-c3ccc(Cl)cc3)c2C1c1ccco1. The summed E-state index contributed by atoms with van der Waals surface area (Å²) in [5.74, 6) is 0.621. The monoisotopic (exact) mass is 313 g/mol. The molecule has 0 spiro atoms. The Bertz CT molecular complexity index is 837. The van der Waals surface area contributed by atoms with Crippen molar-refractivity contribution in [2.75, 3.05) is 7.05 Å². The minimum absolute atomic E-state index is 0.0934. The fourth-order valence-electron chi connectivity index (χ4n) is 2.87. The summed E-state index contributed by atoms with van der Waals surface area (Å²) in [5.41, 5.74) is 2.99. The van der Waals surface area contributed by atoms with Crippen LogP contribution in [-0.2, 0) is 0 Å². The van der Waals surface area contributed by atoms with Gasteiger partial charge >= 0.3 is 0 Å². The molecule has 0 fully saturated rings. The molecule has 110 valence electrons. The zero-order valence-corrected chi connectivity index (χ0v) is 12.5. The van der Waals surface area contributed by atoms with Gasteiger partial charge in [-0.05, 0) is 24.3 Å². The maximum Gasteiger partial charge on any atom is 0.272 e. The van der Waals surface area contributed by atoms with Crippen LogP contribution >= 0.6 is 11.6 Å². The van der Waals surface area contributed by atoms with Crippen molar-refractivity contribution < 1.29 is 9.21 Å². The average Bonchev–Trinajstić information content (AvgIpc) is 3.21. The number of furan rings is 1. The summed E-state index contributed by atoms with van der Waals surface area (Å²) in [6.45, 7) is 0. The van der Waals surface area contributed by atoms with E-state index in [0.717, 1.165) is 16.8 Å². The molecule has 0 aliphatic carbocycles. The van der Waals surface area contributed by atoms with Gasteiger partial charge in [-0.2, -0.15) is 5.10 Å². The highest BCUT2D eigenvalue weighted by Crippen LogP contribution is 2.41. The fraction of sp³-hybridized carbons (Fsp3) is 0.125. The molecule has 1 aromatic carbocycles. The van der Waals surface area contributed by atoms with Crippen LogP contribution < -0.4 is 0 Å². The van der Waals surface area contributed by atoms with E-state index in [9.17, 15) is 4.79 Å². The molecular formula is C16H12ClN3O2. The third kappa shape index (κ3) is 1.79. The van der Waals surface area contributed by atoms with Gasteiger partial charge in [0.15, 0.2) is 0 Å². The van der Waals surface area contributed by atoms with E-state index >= 15 is 0 Å². The van der Waals surface area contributed by atoms with Crippen LogP contribution in [0, 0.1) is 0 Å². The number of H-pyrrole nitrogens is 1. The Morgan fingerprint density at radius 3 is 2.73 bits per heavy atom. The minimum Gasteiger partial charge on any atom is -0.467 e. The summed E-state index contributed by atoms with van der Waals surface area (Å²) in [7, 11) is 1.76. The predicted octanol–water partition coefficient (Wildman–Crippen LogP) is 3.50. The number of aromatic nitrogens is 2. The summed E-state index contributed by atoms with van der Waals surface area (Å²) in [6, 6.07) is 10.8. The molecule has 1 aliphatic heterocycles.